The average molecular weight is 288 g/mol. The zero-order valence-electron chi connectivity index (χ0n) is 11.7. The van der Waals surface area contributed by atoms with Gasteiger partial charge < -0.3 is 9.64 Å². The van der Waals surface area contributed by atoms with Crippen LogP contribution >= 0.6 is 0 Å². The van der Waals surface area contributed by atoms with Crippen LogP contribution in [0, 0.1) is 0 Å². The van der Waals surface area contributed by atoms with E-state index in [2.05, 4.69) is 10.1 Å². The lowest BCUT2D eigenvalue weighted by Crippen LogP contribution is -2.48. The molecule has 110 valence electrons. The van der Waals surface area contributed by atoms with Crippen LogP contribution in [0.1, 0.15) is 29.8 Å². The SMILES string of the molecule is COC(=O)C1CCCCN1C(=O)c1cccc2ncnn12. The lowest BCUT2D eigenvalue weighted by Gasteiger charge is -2.33. The quantitative estimate of drug-likeness (QED) is 0.767. The summed E-state index contributed by atoms with van der Waals surface area (Å²) in [5.74, 6) is -0.588. The third kappa shape index (κ3) is 2.35. The molecule has 3 heterocycles. The lowest BCUT2D eigenvalue weighted by atomic mass is 10.0. The van der Waals surface area contributed by atoms with Crippen molar-refractivity contribution in [2.45, 2.75) is 25.3 Å². The molecule has 1 fully saturated rings. The van der Waals surface area contributed by atoms with Crippen molar-refractivity contribution >= 4 is 17.5 Å². The number of esters is 1. The first-order chi connectivity index (χ1) is 10.2. The fourth-order valence-corrected chi connectivity index (χ4v) is 2.71. The topological polar surface area (TPSA) is 76.8 Å². The minimum absolute atomic E-state index is 0.221. The molecular formula is C14H16N4O3. The number of carbonyl (C=O) groups is 2. The van der Waals surface area contributed by atoms with E-state index in [-0.39, 0.29) is 11.9 Å². The minimum Gasteiger partial charge on any atom is -0.467 e. The normalized spacial score (nSPS) is 18.7. The molecular weight excluding hydrogens is 272 g/mol. The van der Waals surface area contributed by atoms with Gasteiger partial charge in [-0.1, -0.05) is 6.07 Å². The molecule has 1 aliphatic heterocycles. The van der Waals surface area contributed by atoms with E-state index in [0.717, 1.165) is 12.8 Å². The molecule has 7 heteroatoms. The number of fused-ring (bicyclic) bond motifs is 1. The van der Waals surface area contributed by atoms with Gasteiger partial charge in [0, 0.05) is 6.54 Å². The molecule has 2 aromatic rings. The summed E-state index contributed by atoms with van der Waals surface area (Å²) in [6, 6.07) is 4.70. The molecule has 1 aliphatic rings. The Labute approximate surface area is 121 Å². The summed E-state index contributed by atoms with van der Waals surface area (Å²) in [7, 11) is 1.34. The van der Waals surface area contributed by atoms with Gasteiger partial charge in [-0.05, 0) is 31.4 Å². The van der Waals surface area contributed by atoms with E-state index in [0.29, 0.717) is 24.3 Å². The van der Waals surface area contributed by atoms with Crippen LogP contribution in [-0.4, -0.2) is 51.1 Å². The van der Waals surface area contributed by atoms with E-state index in [9.17, 15) is 9.59 Å². The third-order valence-corrected chi connectivity index (χ3v) is 3.76. The van der Waals surface area contributed by atoms with Crippen molar-refractivity contribution in [3.05, 3.63) is 30.2 Å². The van der Waals surface area contributed by atoms with E-state index in [1.165, 1.54) is 18.0 Å². The van der Waals surface area contributed by atoms with Crippen molar-refractivity contribution in [2.75, 3.05) is 13.7 Å². The highest BCUT2D eigenvalue weighted by Crippen LogP contribution is 2.20. The molecule has 21 heavy (non-hydrogen) atoms. The van der Waals surface area contributed by atoms with Crippen molar-refractivity contribution in [3.8, 4) is 0 Å². The molecule has 0 radical (unpaired) electrons. The molecule has 2 aromatic heterocycles. The van der Waals surface area contributed by atoms with Crippen molar-refractivity contribution in [1.82, 2.24) is 19.5 Å². The van der Waals surface area contributed by atoms with Gasteiger partial charge in [0.2, 0.25) is 0 Å². The molecule has 1 amide bonds. The second-order valence-electron chi connectivity index (χ2n) is 4.97. The van der Waals surface area contributed by atoms with Crippen LogP contribution in [0.15, 0.2) is 24.5 Å². The first-order valence-corrected chi connectivity index (χ1v) is 6.90. The summed E-state index contributed by atoms with van der Waals surface area (Å²) in [6.45, 7) is 0.545. The maximum atomic E-state index is 12.8. The number of ether oxygens (including phenoxy) is 1. The van der Waals surface area contributed by atoms with Crippen LogP contribution in [0.4, 0.5) is 0 Å². The second-order valence-corrected chi connectivity index (χ2v) is 4.97. The van der Waals surface area contributed by atoms with Gasteiger partial charge in [0.25, 0.3) is 5.91 Å². The second kappa shape index (κ2) is 5.51. The first-order valence-electron chi connectivity index (χ1n) is 6.90. The smallest absolute Gasteiger partial charge is 0.328 e. The number of methoxy groups -OCH3 is 1. The van der Waals surface area contributed by atoms with E-state index in [1.54, 1.807) is 23.1 Å². The summed E-state index contributed by atoms with van der Waals surface area (Å²) < 4.78 is 6.30. The van der Waals surface area contributed by atoms with Crippen LogP contribution in [-0.2, 0) is 9.53 Å². The van der Waals surface area contributed by atoms with Gasteiger partial charge in [0.15, 0.2) is 5.65 Å². The van der Waals surface area contributed by atoms with Crippen molar-refractivity contribution < 1.29 is 14.3 Å². The van der Waals surface area contributed by atoms with Gasteiger partial charge in [-0.15, -0.1) is 0 Å². The summed E-state index contributed by atoms with van der Waals surface area (Å²) in [6.07, 6.45) is 3.83. The monoisotopic (exact) mass is 288 g/mol. The fraction of sp³-hybridized carbons (Fsp3) is 0.429. The maximum Gasteiger partial charge on any atom is 0.328 e. The van der Waals surface area contributed by atoms with E-state index in [4.69, 9.17) is 4.74 Å². The van der Waals surface area contributed by atoms with Crippen LogP contribution in [0.25, 0.3) is 5.65 Å². The first kappa shape index (κ1) is 13.5. The average Bonchev–Trinajstić information content (AvgIpc) is 3.02. The maximum absolute atomic E-state index is 12.8. The zero-order valence-corrected chi connectivity index (χ0v) is 11.7. The number of hydrogen-bond donors (Lipinski definition) is 0. The predicted molar refractivity (Wildman–Crippen MR) is 73.7 cm³/mol. The van der Waals surface area contributed by atoms with Crippen molar-refractivity contribution in [1.29, 1.82) is 0 Å². The number of aromatic nitrogens is 3. The fourth-order valence-electron chi connectivity index (χ4n) is 2.71. The van der Waals surface area contributed by atoms with Gasteiger partial charge in [-0.3, -0.25) is 4.79 Å². The number of rotatable bonds is 2. The number of hydrogen-bond acceptors (Lipinski definition) is 5. The highest BCUT2D eigenvalue weighted by molar-refractivity contribution is 5.96. The Bertz CT molecular complexity index is 682. The predicted octanol–water partition coefficient (Wildman–Crippen LogP) is 0.897. The Morgan fingerprint density at radius 2 is 2.19 bits per heavy atom. The number of piperidine rings is 1. The number of nitrogens with zero attached hydrogens (tertiary/aromatic N) is 4. The third-order valence-electron chi connectivity index (χ3n) is 3.76. The van der Waals surface area contributed by atoms with Crippen LogP contribution in [0.2, 0.25) is 0 Å². The Hall–Kier alpha value is -2.44. The Morgan fingerprint density at radius 3 is 3.00 bits per heavy atom. The van der Waals surface area contributed by atoms with Crippen molar-refractivity contribution in [3.63, 3.8) is 0 Å². The van der Waals surface area contributed by atoms with E-state index in [1.807, 2.05) is 0 Å². The van der Waals surface area contributed by atoms with E-state index < -0.39 is 6.04 Å². The van der Waals surface area contributed by atoms with Crippen LogP contribution in [0.5, 0.6) is 0 Å². The Kier molecular flexibility index (Phi) is 3.55. The van der Waals surface area contributed by atoms with Gasteiger partial charge in [-0.2, -0.15) is 5.10 Å². The molecule has 0 spiro atoms. The Morgan fingerprint density at radius 1 is 1.33 bits per heavy atom. The molecule has 3 rings (SSSR count). The number of amides is 1. The van der Waals surface area contributed by atoms with Gasteiger partial charge in [0.1, 0.15) is 18.1 Å². The standard InChI is InChI=1S/C14H16N4O3/c1-21-14(20)11-5-2-3-8-17(11)13(19)10-6-4-7-12-15-9-16-18(10)12/h4,6-7,9,11H,2-3,5,8H2,1H3. The molecule has 0 aromatic carbocycles. The van der Waals surface area contributed by atoms with Crippen molar-refractivity contribution in [2.24, 2.45) is 0 Å². The molecule has 1 saturated heterocycles. The summed E-state index contributed by atoms with van der Waals surface area (Å²) >= 11 is 0. The van der Waals surface area contributed by atoms with Gasteiger partial charge in [0.05, 0.1) is 7.11 Å². The molecule has 7 nitrogen and oxygen atoms in total. The summed E-state index contributed by atoms with van der Waals surface area (Å²) in [5.41, 5.74) is 1.01. The zero-order chi connectivity index (χ0) is 14.8. The molecule has 0 N–H and O–H groups in total. The molecule has 0 saturated carbocycles. The van der Waals surface area contributed by atoms with Gasteiger partial charge in [-0.25, -0.2) is 14.3 Å². The summed E-state index contributed by atoms with van der Waals surface area (Å²) in [5, 5.41) is 4.07. The molecule has 0 aliphatic carbocycles. The molecule has 0 bridgehead atoms. The number of pyridine rings is 1. The van der Waals surface area contributed by atoms with Crippen LogP contribution < -0.4 is 0 Å². The molecule has 1 atom stereocenters. The van der Waals surface area contributed by atoms with Crippen LogP contribution in [0.3, 0.4) is 0 Å². The Balaban J connectivity index is 1.96. The largest absolute Gasteiger partial charge is 0.467 e. The number of likely N-dealkylation sites (tertiary alicyclic amines) is 1. The minimum atomic E-state index is -0.518. The number of carbonyl (C=O) groups excluding carboxylic acids is 2. The lowest BCUT2D eigenvalue weighted by molar-refractivity contribution is -0.147. The van der Waals surface area contributed by atoms with Gasteiger partial charge >= 0.3 is 5.97 Å². The van der Waals surface area contributed by atoms with E-state index >= 15 is 0 Å². The highest BCUT2D eigenvalue weighted by Gasteiger charge is 2.34. The highest BCUT2D eigenvalue weighted by atomic mass is 16.5. The summed E-state index contributed by atoms with van der Waals surface area (Å²) in [4.78, 5) is 30.3. The molecule has 1 unspecified atom stereocenters.